The first kappa shape index (κ1) is 15.0. The van der Waals surface area contributed by atoms with Gasteiger partial charge >= 0.3 is 0 Å². The van der Waals surface area contributed by atoms with E-state index in [2.05, 4.69) is 23.4 Å². The Balaban J connectivity index is 2.00. The van der Waals surface area contributed by atoms with Crippen molar-refractivity contribution in [2.75, 3.05) is 26.8 Å². The fourth-order valence-electron chi connectivity index (χ4n) is 2.86. The van der Waals surface area contributed by atoms with Crippen LogP contribution in [0.25, 0.3) is 0 Å². The van der Waals surface area contributed by atoms with Crippen molar-refractivity contribution in [1.82, 2.24) is 14.5 Å². The minimum Gasteiger partial charge on any atom is -0.384 e. The maximum Gasteiger partial charge on any atom is 0.224 e. The number of carbonyl (C=O) groups is 1. The lowest BCUT2D eigenvalue weighted by molar-refractivity contribution is -0.131. The number of amides is 1. The van der Waals surface area contributed by atoms with E-state index in [1.54, 1.807) is 7.11 Å². The molecule has 0 bridgehead atoms. The minimum atomic E-state index is 0.194. The number of nitrogens with zero attached hydrogens (tertiary/aromatic N) is 3. The van der Waals surface area contributed by atoms with E-state index >= 15 is 0 Å². The van der Waals surface area contributed by atoms with Gasteiger partial charge in [0, 0.05) is 44.6 Å². The quantitative estimate of drug-likeness (QED) is 0.799. The van der Waals surface area contributed by atoms with Gasteiger partial charge in [0.25, 0.3) is 0 Å². The normalized spacial score (nSPS) is 18.8. The van der Waals surface area contributed by atoms with E-state index in [0.717, 1.165) is 38.3 Å². The SMILES string of the molecule is CCCn1c(C)cnc1C1CCN(C(=O)CCOC)C1. The fraction of sp³-hybridized carbons (Fsp3) is 0.733. The smallest absolute Gasteiger partial charge is 0.224 e. The van der Waals surface area contributed by atoms with Gasteiger partial charge in [-0.15, -0.1) is 0 Å². The molecule has 0 radical (unpaired) electrons. The summed E-state index contributed by atoms with van der Waals surface area (Å²) in [5.41, 5.74) is 1.21. The van der Waals surface area contributed by atoms with Crippen molar-refractivity contribution in [3.8, 4) is 0 Å². The van der Waals surface area contributed by atoms with Crippen molar-refractivity contribution < 1.29 is 9.53 Å². The molecule has 0 aromatic carbocycles. The Morgan fingerprint density at radius 3 is 3.05 bits per heavy atom. The second-order valence-corrected chi connectivity index (χ2v) is 5.48. The second kappa shape index (κ2) is 6.88. The number of imidazole rings is 1. The van der Waals surface area contributed by atoms with Gasteiger partial charge in [0.2, 0.25) is 5.91 Å². The predicted molar refractivity (Wildman–Crippen MR) is 77.7 cm³/mol. The molecule has 112 valence electrons. The van der Waals surface area contributed by atoms with E-state index in [-0.39, 0.29) is 5.91 Å². The van der Waals surface area contributed by atoms with Crippen LogP contribution in [0.4, 0.5) is 0 Å². The highest BCUT2D eigenvalue weighted by atomic mass is 16.5. The van der Waals surface area contributed by atoms with Gasteiger partial charge < -0.3 is 14.2 Å². The molecule has 1 atom stereocenters. The molecule has 0 aliphatic carbocycles. The Morgan fingerprint density at radius 1 is 1.55 bits per heavy atom. The lowest BCUT2D eigenvalue weighted by Gasteiger charge is -2.17. The summed E-state index contributed by atoms with van der Waals surface area (Å²) < 4.78 is 7.27. The van der Waals surface area contributed by atoms with Crippen molar-refractivity contribution in [3.63, 3.8) is 0 Å². The van der Waals surface area contributed by atoms with Crippen LogP contribution >= 0.6 is 0 Å². The molecule has 2 heterocycles. The zero-order valence-electron chi connectivity index (χ0n) is 12.8. The van der Waals surface area contributed by atoms with Crippen LogP contribution in [-0.4, -0.2) is 47.2 Å². The van der Waals surface area contributed by atoms with Crippen molar-refractivity contribution >= 4 is 5.91 Å². The van der Waals surface area contributed by atoms with Crippen LogP contribution in [-0.2, 0) is 16.1 Å². The Labute approximate surface area is 120 Å². The molecule has 0 N–H and O–H groups in total. The second-order valence-electron chi connectivity index (χ2n) is 5.48. The van der Waals surface area contributed by atoms with Crippen LogP contribution in [0.5, 0.6) is 0 Å². The summed E-state index contributed by atoms with van der Waals surface area (Å²) >= 11 is 0. The van der Waals surface area contributed by atoms with E-state index in [0.29, 0.717) is 18.9 Å². The molecule has 1 amide bonds. The summed E-state index contributed by atoms with van der Waals surface area (Å²) in [6.07, 6.45) is 4.54. The molecule has 0 saturated carbocycles. The number of ether oxygens (including phenoxy) is 1. The van der Waals surface area contributed by atoms with Crippen LogP contribution < -0.4 is 0 Å². The van der Waals surface area contributed by atoms with Gasteiger partial charge in [-0.2, -0.15) is 0 Å². The predicted octanol–water partition coefficient (Wildman–Crippen LogP) is 1.95. The lowest BCUT2D eigenvalue weighted by Crippen LogP contribution is -2.29. The molecular weight excluding hydrogens is 254 g/mol. The maximum atomic E-state index is 12.0. The topological polar surface area (TPSA) is 47.4 Å². The van der Waals surface area contributed by atoms with Crippen LogP contribution in [0.2, 0.25) is 0 Å². The van der Waals surface area contributed by atoms with Gasteiger partial charge in [-0.25, -0.2) is 4.98 Å². The van der Waals surface area contributed by atoms with Gasteiger partial charge in [-0.3, -0.25) is 4.79 Å². The van der Waals surface area contributed by atoms with Gasteiger partial charge in [-0.1, -0.05) is 6.92 Å². The van der Waals surface area contributed by atoms with Gasteiger partial charge in [-0.05, 0) is 19.8 Å². The van der Waals surface area contributed by atoms with E-state index in [9.17, 15) is 4.79 Å². The zero-order valence-corrected chi connectivity index (χ0v) is 12.8. The fourth-order valence-corrected chi connectivity index (χ4v) is 2.86. The van der Waals surface area contributed by atoms with Crippen molar-refractivity contribution in [3.05, 3.63) is 17.7 Å². The molecule has 1 aromatic heterocycles. The van der Waals surface area contributed by atoms with Crippen molar-refractivity contribution in [2.45, 2.75) is 45.6 Å². The minimum absolute atomic E-state index is 0.194. The summed E-state index contributed by atoms with van der Waals surface area (Å²) in [5, 5.41) is 0. The van der Waals surface area contributed by atoms with Crippen molar-refractivity contribution in [2.24, 2.45) is 0 Å². The van der Waals surface area contributed by atoms with Gasteiger partial charge in [0.05, 0.1) is 13.0 Å². The summed E-state index contributed by atoms with van der Waals surface area (Å²) in [5.74, 6) is 1.72. The van der Waals surface area contributed by atoms with Crippen LogP contribution in [0.3, 0.4) is 0 Å². The van der Waals surface area contributed by atoms with E-state index in [1.807, 2.05) is 11.1 Å². The highest BCUT2D eigenvalue weighted by Gasteiger charge is 2.29. The third-order valence-electron chi connectivity index (χ3n) is 3.96. The number of rotatable bonds is 6. The first-order chi connectivity index (χ1) is 9.67. The maximum absolute atomic E-state index is 12.0. The molecular formula is C15H25N3O2. The van der Waals surface area contributed by atoms with E-state index < -0.39 is 0 Å². The Kier molecular flexibility index (Phi) is 5.17. The summed E-state index contributed by atoms with van der Waals surface area (Å²) in [4.78, 5) is 18.5. The molecule has 1 fully saturated rings. The molecule has 0 spiro atoms. The summed E-state index contributed by atoms with van der Waals surface area (Å²) in [6.45, 7) is 7.42. The molecule has 5 heteroatoms. The first-order valence-corrected chi connectivity index (χ1v) is 7.46. The zero-order chi connectivity index (χ0) is 14.5. The molecule has 1 saturated heterocycles. The van der Waals surface area contributed by atoms with Gasteiger partial charge in [0.15, 0.2) is 0 Å². The number of likely N-dealkylation sites (tertiary alicyclic amines) is 1. The molecule has 20 heavy (non-hydrogen) atoms. The number of hydrogen-bond acceptors (Lipinski definition) is 3. The average Bonchev–Trinajstić information content (AvgIpc) is 3.05. The molecule has 1 aliphatic rings. The van der Waals surface area contributed by atoms with Crippen molar-refractivity contribution in [1.29, 1.82) is 0 Å². The highest BCUT2D eigenvalue weighted by molar-refractivity contribution is 5.76. The number of aryl methyl sites for hydroxylation is 1. The summed E-state index contributed by atoms with van der Waals surface area (Å²) in [6, 6.07) is 0. The number of carbonyl (C=O) groups excluding carboxylic acids is 1. The third kappa shape index (κ3) is 3.20. The average molecular weight is 279 g/mol. The van der Waals surface area contributed by atoms with E-state index in [1.165, 1.54) is 5.69 Å². The Morgan fingerprint density at radius 2 is 2.35 bits per heavy atom. The third-order valence-corrected chi connectivity index (χ3v) is 3.96. The highest BCUT2D eigenvalue weighted by Crippen LogP contribution is 2.27. The Bertz CT molecular complexity index is 456. The molecule has 2 rings (SSSR count). The molecule has 1 unspecified atom stereocenters. The number of methoxy groups -OCH3 is 1. The molecule has 1 aromatic rings. The van der Waals surface area contributed by atoms with Gasteiger partial charge in [0.1, 0.15) is 5.82 Å². The molecule has 1 aliphatic heterocycles. The first-order valence-electron chi connectivity index (χ1n) is 7.46. The monoisotopic (exact) mass is 279 g/mol. The van der Waals surface area contributed by atoms with Crippen LogP contribution in [0.1, 0.15) is 43.6 Å². The lowest BCUT2D eigenvalue weighted by atomic mass is 10.1. The Hall–Kier alpha value is -1.36. The van der Waals surface area contributed by atoms with Crippen LogP contribution in [0, 0.1) is 6.92 Å². The standard InChI is InChI=1S/C15H25N3O2/c1-4-7-18-12(2)10-16-15(18)13-5-8-17(11-13)14(19)6-9-20-3/h10,13H,4-9,11H2,1-3H3. The number of hydrogen-bond donors (Lipinski definition) is 0. The largest absolute Gasteiger partial charge is 0.384 e. The van der Waals surface area contributed by atoms with Crippen LogP contribution in [0.15, 0.2) is 6.20 Å². The van der Waals surface area contributed by atoms with E-state index in [4.69, 9.17) is 4.74 Å². The number of aromatic nitrogens is 2. The molecule has 5 nitrogen and oxygen atoms in total. The summed E-state index contributed by atoms with van der Waals surface area (Å²) in [7, 11) is 1.63.